The lowest BCUT2D eigenvalue weighted by molar-refractivity contribution is 0.0987. The van der Waals surface area contributed by atoms with Gasteiger partial charge in [0.15, 0.2) is 0 Å². The second-order valence-electron chi connectivity index (χ2n) is 9.63. The Labute approximate surface area is 231 Å². The molecule has 0 saturated carbocycles. The molecule has 2 N–H and O–H groups in total. The number of nitrogens with one attached hydrogen (secondary N) is 2. The van der Waals surface area contributed by atoms with E-state index in [9.17, 15) is 18.4 Å². The second kappa shape index (κ2) is 11.9. The molecular formula is C31H29F2N5O2. The third kappa shape index (κ3) is 5.93. The van der Waals surface area contributed by atoms with Crippen molar-refractivity contribution >= 4 is 29.0 Å². The fourth-order valence-electron chi connectivity index (χ4n) is 4.84. The Morgan fingerprint density at radius 2 is 1.70 bits per heavy atom. The number of benzene rings is 3. The first-order valence-corrected chi connectivity index (χ1v) is 13.0. The van der Waals surface area contributed by atoms with E-state index in [2.05, 4.69) is 20.5 Å². The van der Waals surface area contributed by atoms with E-state index in [0.717, 1.165) is 53.2 Å². The summed E-state index contributed by atoms with van der Waals surface area (Å²) in [6.07, 6.45) is 4.42. The molecule has 9 heteroatoms. The molecule has 0 fully saturated rings. The number of amides is 3. The minimum Gasteiger partial charge on any atom is -0.365 e. The van der Waals surface area contributed by atoms with E-state index < -0.39 is 23.4 Å². The summed E-state index contributed by atoms with van der Waals surface area (Å²) in [5.41, 5.74) is 4.57. The SMILES string of the molecule is Cc1cc(C(=O)N2CCCN(Cc3cccnc3)c3ccccc32)ccc1CNC(=O)Nc1c(F)cccc1F. The Kier molecular flexibility index (Phi) is 8.00. The highest BCUT2D eigenvalue weighted by atomic mass is 19.1. The zero-order valence-corrected chi connectivity index (χ0v) is 22.0. The molecule has 0 aliphatic carbocycles. The van der Waals surface area contributed by atoms with Gasteiger partial charge < -0.3 is 20.4 Å². The van der Waals surface area contributed by atoms with Crippen molar-refractivity contribution in [1.82, 2.24) is 10.3 Å². The lowest BCUT2D eigenvalue weighted by atomic mass is 10.0. The van der Waals surface area contributed by atoms with Gasteiger partial charge >= 0.3 is 6.03 Å². The van der Waals surface area contributed by atoms with Crippen LogP contribution < -0.4 is 20.4 Å². The Morgan fingerprint density at radius 3 is 2.42 bits per heavy atom. The summed E-state index contributed by atoms with van der Waals surface area (Å²) < 4.78 is 27.7. The number of carbonyl (C=O) groups is 2. The summed E-state index contributed by atoms with van der Waals surface area (Å²) >= 11 is 0. The molecule has 2 heterocycles. The molecule has 0 atom stereocenters. The highest BCUT2D eigenvalue weighted by molar-refractivity contribution is 6.08. The van der Waals surface area contributed by atoms with Crippen LogP contribution in [0.15, 0.2) is 85.2 Å². The van der Waals surface area contributed by atoms with Gasteiger partial charge in [-0.15, -0.1) is 0 Å². The number of nitrogens with zero attached hydrogens (tertiary/aromatic N) is 3. The van der Waals surface area contributed by atoms with Crippen LogP contribution in [0.3, 0.4) is 0 Å². The quantitative estimate of drug-likeness (QED) is 0.312. The molecule has 4 aromatic rings. The maximum atomic E-state index is 13.8. The van der Waals surface area contributed by atoms with E-state index in [-0.39, 0.29) is 12.5 Å². The molecular weight excluding hydrogens is 512 g/mol. The highest BCUT2D eigenvalue weighted by Crippen LogP contribution is 2.34. The predicted octanol–water partition coefficient (Wildman–Crippen LogP) is 6.05. The number of carbonyl (C=O) groups excluding carboxylic acids is 2. The number of aryl methyl sites for hydroxylation is 1. The van der Waals surface area contributed by atoms with Crippen molar-refractivity contribution < 1.29 is 18.4 Å². The number of halogens is 2. The largest absolute Gasteiger partial charge is 0.365 e. The molecule has 3 amide bonds. The summed E-state index contributed by atoms with van der Waals surface area (Å²) in [5, 5.41) is 4.82. The van der Waals surface area contributed by atoms with E-state index in [0.29, 0.717) is 18.7 Å². The van der Waals surface area contributed by atoms with E-state index in [4.69, 9.17) is 0 Å². The molecule has 204 valence electrons. The fourth-order valence-corrected chi connectivity index (χ4v) is 4.84. The van der Waals surface area contributed by atoms with Gasteiger partial charge in [-0.2, -0.15) is 0 Å². The van der Waals surface area contributed by atoms with Gasteiger partial charge in [0, 0.05) is 44.1 Å². The smallest absolute Gasteiger partial charge is 0.319 e. The zero-order chi connectivity index (χ0) is 28.1. The minimum atomic E-state index is -0.857. The van der Waals surface area contributed by atoms with Crippen LogP contribution in [0.5, 0.6) is 0 Å². The normalized spacial score (nSPS) is 12.9. The summed E-state index contributed by atoms with van der Waals surface area (Å²) in [4.78, 5) is 34.3. The van der Waals surface area contributed by atoms with Crippen molar-refractivity contribution in [3.8, 4) is 0 Å². The molecule has 0 bridgehead atoms. The summed E-state index contributed by atoms with van der Waals surface area (Å²) in [5.74, 6) is -1.82. The van der Waals surface area contributed by atoms with Gasteiger partial charge in [-0.1, -0.05) is 30.3 Å². The number of pyridine rings is 1. The van der Waals surface area contributed by atoms with Gasteiger partial charge in [-0.3, -0.25) is 9.78 Å². The van der Waals surface area contributed by atoms with Crippen LogP contribution in [-0.2, 0) is 13.1 Å². The standard InChI is InChI=1S/C31H29F2N5O2/c1-21-17-23(12-13-24(21)19-35-31(40)36-29-25(32)8-4-9-26(29)33)30(39)38-16-6-15-37(20-22-7-5-14-34-18-22)27-10-2-3-11-28(27)38/h2-5,7-14,17-18H,6,15-16,19-20H2,1H3,(H2,35,36,40). The zero-order valence-electron chi connectivity index (χ0n) is 22.0. The number of fused-ring (bicyclic) bond motifs is 1. The van der Waals surface area contributed by atoms with Gasteiger partial charge in [-0.05, 0) is 72.5 Å². The second-order valence-corrected chi connectivity index (χ2v) is 9.63. The first-order chi connectivity index (χ1) is 19.4. The molecule has 1 aliphatic heterocycles. The molecule has 1 aromatic heterocycles. The molecule has 5 rings (SSSR count). The average Bonchev–Trinajstić information content (AvgIpc) is 3.14. The molecule has 0 saturated heterocycles. The van der Waals surface area contributed by atoms with Crippen LogP contribution >= 0.6 is 0 Å². The van der Waals surface area contributed by atoms with Gasteiger partial charge in [0.25, 0.3) is 5.91 Å². The Hall–Kier alpha value is -4.79. The number of hydrogen-bond donors (Lipinski definition) is 2. The molecule has 0 unspecified atom stereocenters. The van der Waals surface area contributed by atoms with Gasteiger partial charge in [-0.25, -0.2) is 13.6 Å². The molecule has 0 radical (unpaired) electrons. The van der Waals surface area contributed by atoms with Crippen LogP contribution in [-0.4, -0.2) is 30.0 Å². The molecule has 3 aromatic carbocycles. The number of anilines is 3. The Bertz CT molecular complexity index is 1510. The number of para-hydroxylation sites is 3. The minimum absolute atomic E-state index is 0.106. The first-order valence-electron chi connectivity index (χ1n) is 13.0. The monoisotopic (exact) mass is 541 g/mol. The predicted molar refractivity (Wildman–Crippen MR) is 151 cm³/mol. The first kappa shape index (κ1) is 26.8. The number of aromatic nitrogens is 1. The van der Waals surface area contributed by atoms with E-state index in [1.54, 1.807) is 24.4 Å². The van der Waals surface area contributed by atoms with Crippen molar-refractivity contribution in [2.24, 2.45) is 0 Å². The number of rotatable bonds is 6. The Balaban J connectivity index is 1.29. The summed E-state index contributed by atoms with van der Waals surface area (Å²) in [6.45, 7) is 4.06. The molecule has 40 heavy (non-hydrogen) atoms. The van der Waals surface area contributed by atoms with E-state index in [1.165, 1.54) is 6.07 Å². The van der Waals surface area contributed by atoms with Crippen molar-refractivity contribution in [3.05, 3.63) is 119 Å². The number of urea groups is 1. The van der Waals surface area contributed by atoms with Crippen LogP contribution in [0.4, 0.5) is 30.6 Å². The third-order valence-corrected chi connectivity index (χ3v) is 6.89. The Morgan fingerprint density at radius 1 is 0.925 bits per heavy atom. The fraction of sp³-hybridized carbons (Fsp3) is 0.194. The lowest BCUT2D eigenvalue weighted by Gasteiger charge is -2.27. The van der Waals surface area contributed by atoms with E-state index >= 15 is 0 Å². The van der Waals surface area contributed by atoms with Crippen molar-refractivity contribution in [2.75, 3.05) is 28.2 Å². The average molecular weight is 542 g/mol. The topological polar surface area (TPSA) is 77.6 Å². The van der Waals surface area contributed by atoms with Crippen LogP contribution in [0.2, 0.25) is 0 Å². The van der Waals surface area contributed by atoms with Crippen molar-refractivity contribution in [3.63, 3.8) is 0 Å². The maximum absolute atomic E-state index is 13.8. The summed E-state index contributed by atoms with van der Waals surface area (Å²) in [7, 11) is 0. The van der Waals surface area contributed by atoms with Gasteiger partial charge in [0.2, 0.25) is 0 Å². The number of hydrogen-bond acceptors (Lipinski definition) is 4. The third-order valence-electron chi connectivity index (χ3n) is 6.89. The highest BCUT2D eigenvalue weighted by Gasteiger charge is 2.26. The van der Waals surface area contributed by atoms with Crippen LogP contribution in [0.25, 0.3) is 0 Å². The van der Waals surface area contributed by atoms with Crippen molar-refractivity contribution in [2.45, 2.75) is 26.4 Å². The van der Waals surface area contributed by atoms with Crippen molar-refractivity contribution in [1.29, 1.82) is 0 Å². The molecule has 7 nitrogen and oxygen atoms in total. The molecule has 0 spiro atoms. The lowest BCUT2D eigenvalue weighted by Crippen LogP contribution is -2.32. The molecule has 1 aliphatic rings. The van der Waals surface area contributed by atoms with Gasteiger partial charge in [0.1, 0.15) is 17.3 Å². The maximum Gasteiger partial charge on any atom is 0.319 e. The van der Waals surface area contributed by atoms with Crippen LogP contribution in [0.1, 0.15) is 33.5 Å². The van der Waals surface area contributed by atoms with Crippen LogP contribution in [0, 0.1) is 18.6 Å². The van der Waals surface area contributed by atoms with Gasteiger partial charge in [0.05, 0.1) is 11.4 Å². The summed E-state index contributed by atoms with van der Waals surface area (Å²) in [6, 6.07) is 19.8. The van der Waals surface area contributed by atoms with E-state index in [1.807, 2.05) is 54.4 Å².